The zero-order valence-corrected chi connectivity index (χ0v) is 7.43. The van der Waals surface area contributed by atoms with Gasteiger partial charge in [-0.3, -0.25) is 4.79 Å². The maximum Gasteiger partial charge on any atom is 0.225 e. The molecule has 0 aromatic heterocycles. The van der Waals surface area contributed by atoms with Gasteiger partial charge >= 0.3 is 0 Å². The maximum absolute atomic E-state index is 11.3. The molecule has 1 aliphatic rings. The lowest BCUT2D eigenvalue weighted by Gasteiger charge is -2.08. The molecule has 3 nitrogen and oxygen atoms in total. The van der Waals surface area contributed by atoms with Crippen LogP contribution in [0.5, 0.6) is 0 Å². The van der Waals surface area contributed by atoms with Gasteiger partial charge in [-0.2, -0.15) is 0 Å². The second-order valence-corrected chi connectivity index (χ2v) is 3.24. The summed E-state index contributed by atoms with van der Waals surface area (Å²) in [6, 6.07) is 0. The molecule has 1 rings (SSSR count). The van der Waals surface area contributed by atoms with Crippen LogP contribution in [0.4, 0.5) is 0 Å². The van der Waals surface area contributed by atoms with Gasteiger partial charge in [0.15, 0.2) is 0 Å². The van der Waals surface area contributed by atoms with E-state index in [9.17, 15) is 4.79 Å². The summed E-state index contributed by atoms with van der Waals surface area (Å²) in [7, 11) is 0. The molecule has 1 atom stereocenters. The molecule has 12 heavy (non-hydrogen) atoms. The second-order valence-electron chi connectivity index (χ2n) is 3.24. The van der Waals surface area contributed by atoms with Crippen molar-refractivity contribution in [3.63, 3.8) is 0 Å². The molecule has 0 radical (unpaired) electrons. The van der Waals surface area contributed by atoms with Crippen LogP contribution < -0.4 is 5.32 Å². The monoisotopic (exact) mass is 169 g/mol. The van der Waals surface area contributed by atoms with Crippen LogP contribution in [-0.2, 0) is 9.53 Å². The number of carbonyl (C=O) groups excluding carboxylic acids is 1. The molecule has 0 bridgehead atoms. The molecule has 1 fully saturated rings. The summed E-state index contributed by atoms with van der Waals surface area (Å²) in [5, 5.41) is 2.81. The summed E-state index contributed by atoms with van der Waals surface area (Å²) >= 11 is 0. The summed E-state index contributed by atoms with van der Waals surface area (Å²) < 4.78 is 5.10. The number of nitrogens with one attached hydrogen (secondary N) is 1. The van der Waals surface area contributed by atoms with Crippen molar-refractivity contribution in [1.29, 1.82) is 0 Å². The lowest BCUT2D eigenvalue weighted by atomic mass is 10.1. The largest absolute Gasteiger partial charge is 0.381 e. The van der Waals surface area contributed by atoms with Crippen molar-refractivity contribution in [3.05, 3.63) is 12.2 Å². The van der Waals surface area contributed by atoms with Gasteiger partial charge in [0, 0.05) is 13.2 Å². The molecule has 0 saturated carbocycles. The Hall–Kier alpha value is -0.830. The van der Waals surface area contributed by atoms with Crippen molar-refractivity contribution < 1.29 is 9.53 Å². The van der Waals surface area contributed by atoms with E-state index in [0.717, 1.165) is 12.0 Å². The van der Waals surface area contributed by atoms with Crippen LogP contribution >= 0.6 is 0 Å². The first-order chi connectivity index (χ1) is 5.70. The van der Waals surface area contributed by atoms with E-state index in [1.165, 1.54) is 0 Å². The number of ether oxygens (including phenoxy) is 1. The van der Waals surface area contributed by atoms with Gasteiger partial charge in [-0.1, -0.05) is 12.2 Å². The van der Waals surface area contributed by atoms with Crippen molar-refractivity contribution in [2.24, 2.45) is 5.92 Å². The molecule has 0 aromatic rings. The Morgan fingerprint density at radius 1 is 1.75 bits per heavy atom. The minimum absolute atomic E-state index is 0.0596. The Bertz CT molecular complexity index is 183. The molecule has 1 saturated heterocycles. The zero-order valence-electron chi connectivity index (χ0n) is 7.43. The lowest BCUT2D eigenvalue weighted by molar-refractivity contribution is -0.124. The first kappa shape index (κ1) is 9.26. The van der Waals surface area contributed by atoms with Crippen molar-refractivity contribution in [2.75, 3.05) is 19.8 Å². The van der Waals surface area contributed by atoms with Crippen molar-refractivity contribution in [2.45, 2.75) is 13.3 Å². The third-order valence-electron chi connectivity index (χ3n) is 1.86. The van der Waals surface area contributed by atoms with E-state index in [1.54, 1.807) is 0 Å². The van der Waals surface area contributed by atoms with Crippen LogP contribution in [0.3, 0.4) is 0 Å². The normalized spacial score (nSPS) is 22.2. The van der Waals surface area contributed by atoms with Crippen molar-refractivity contribution >= 4 is 5.91 Å². The number of hydrogen-bond donors (Lipinski definition) is 1. The molecule has 0 aromatic carbocycles. The van der Waals surface area contributed by atoms with Crippen LogP contribution in [0.25, 0.3) is 0 Å². The Balaban J connectivity index is 2.23. The first-order valence-corrected chi connectivity index (χ1v) is 4.20. The Labute approximate surface area is 72.8 Å². The molecular formula is C9H15NO2. The third-order valence-corrected chi connectivity index (χ3v) is 1.86. The Morgan fingerprint density at radius 2 is 2.50 bits per heavy atom. The molecule has 0 aliphatic carbocycles. The number of carbonyl (C=O) groups is 1. The van der Waals surface area contributed by atoms with Crippen LogP contribution in [0.1, 0.15) is 13.3 Å². The van der Waals surface area contributed by atoms with E-state index in [4.69, 9.17) is 4.74 Å². The molecule has 0 spiro atoms. The molecule has 1 aliphatic heterocycles. The first-order valence-electron chi connectivity index (χ1n) is 4.20. The summed E-state index contributed by atoms with van der Waals surface area (Å²) in [5.74, 6) is 0.153. The average molecular weight is 169 g/mol. The number of rotatable bonds is 3. The van der Waals surface area contributed by atoms with Gasteiger partial charge < -0.3 is 10.1 Å². The topological polar surface area (TPSA) is 38.3 Å². The van der Waals surface area contributed by atoms with E-state index in [2.05, 4.69) is 11.9 Å². The lowest BCUT2D eigenvalue weighted by Crippen LogP contribution is -2.31. The third kappa shape index (κ3) is 2.66. The van der Waals surface area contributed by atoms with Gasteiger partial charge in [0.2, 0.25) is 5.91 Å². The van der Waals surface area contributed by atoms with Crippen LogP contribution in [0.2, 0.25) is 0 Å². The summed E-state index contributed by atoms with van der Waals surface area (Å²) in [6.07, 6.45) is 0.849. The van der Waals surface area contributed by atoms with E-state index >= 15 is 0 Å². The highest BCUT2D eigenvalue weighted by molar-refractivity contribution is 5.79. The molecular weight excluding hydrogens is 154 g/mol. The van der Waals surface area contributed by atoms with Gasteiger partial charge in [-0.05, 0) is 13.3 Å². The van der Waals surface area contributed by atoms with E-state index in [-0.39, 0.29) is 11.8 Å². The van der Waals surface area contributed by atoms with Gasteiger partial charge in [0.25, 0.3) is 0 Å². The van der Waals surface area contributed by atoms with Crippen LogP contribution in [-0.4, -0.2) is 25.7 Å². The fourth-order valence-corrected chi connectivity index (χ4v) is 1.12. The average Bonchev–Trinajstić information content (AvgIpc) is 2.51. The number of amides is 1. The van der Waals surface area contributed by atoms with Crippen LogP contribution in [0, 0.1) is 5.92 Å². The van der Waals surface area contributed by atoms with Gasteiger partial charge in [-0.25, -0.2) is 0 Å². The van der Waals surface area contributed by atoms with Gasteiger partial charge in [-0.15, -0.1) is 0 Å². The molecule has 1 amide bonds. The maximum atomic E-state index is 11.3. The summed E-state index contributed by atoms with van der Waals surface area (Å²) in [4.78, 5) is 11.3. The zero-order chi connectivity index (χ0) is 8.97. The fraction of sp³-hybridized carbons (Fsp3) is 0.667. The smallest absolute Gasteiger partial charge is 0.225 e. The minimum atomic E-state index is 0.0596. The van der Waals surface area contributed by atoms with Gasteiger partial charge in [0.1, 0.15) is 0 Å². The molecule has 3 heteroatoms. The molecule has 1 unspecified atom stereocenters. The summed E-state index contributed by atoms with van der Waals surface area (Å²) in [6.45, 7) is 7.47. The van der Waals surface area contributed by atoms with Crippen molar-refractivity contribution in [1.82, 2.24) is 5.32 Å². The van der Waals surface area contributed by atoms with Crippen molar-refractivity contribution in [3.8, 4) is 0 Å². The predicted octanol–water partition coefficient (Wildman–Crippen LogP) is 0.715. The van der Waals surface area contributed by atoms with E-state index < -0.39 is 0 Å². The summed E-state index contributed by atoms with van der Waals surface area (Å²) in [5.41, 5.74) is 0.974. The predicted molar refractivity (Wildman–Crippen MR) is 46.7 cm³/mol. The van der Waals surface area contributed by atoms with Crippen LogP contribution in [0.15, 0.2) is 12.2 Å². The fourth-order valence-electron chi connectivity index (χ4n) is 1.12. The van der Waals surface area contributed by atoms with E-state index in [1.807, 2.05) is 6.92 Å². The standard InChI is InChI=1S/C9H15NO2/c1-7(2)5-10-9(11)8-3-4-12-6-8/h8H,1,3-6H2,2H3,(H,10,11). The highest BCUT2D eigenvalue weighted by atomic mass is 16.5. The molecule has 68 valence electrons. The highest BCUT2D eigenvalue weighted by Crippen LogP contribution is 2.11. The molecule has 1 heterocycles. The Kier molecular flexibility index (Phi) is 3.29. The highest BCUT2D eigenvalue weighted by Gasteiger charge is 2.22. The SMILES string of the molecule is C=C(C)CNC(=O)C1CCOC1. The number of hydrogen-bond acceptors (Lipinski definition) is 2. The quantitative estimate of drug-likeness (QED) is 0.632. The second kappa shape index (κ2) is 4.26. The minimum Gasteiger partial charge on any atom is -0.381 e. The van der Waals surface area contributed by atoms with E-state index in [0.29, 0.717) is 19.8 Å². The Morgan fingerprint density at radius 3 is 3.00 bits per heavy atom. The van der Waals surface area contributed by atoms with Gasteiger partial charge in [0.05, 0.1) is 12.5 Å². The molecule has 1 N–H and O–H groups in total.